The number of likely N-dealkylation sites (tertiary alicyclic amines) is 1. The predicted molar refractivity (Wildman–Crippen MR) is 150 cm³/mol. The maximum Gasteiger partial charge on any atom is 0.255 e. The van der Waals surface area contributed by atoms with Crippen LogP contribution in [-0.4, -0.2) is 71.4 Å². The highest BCUT2D eigenvalue weighted by molar-refractivity contribution is 5.96. The zero-order valence-corrected chi connectivity index (χ0v) is 23.1. The Bertz CT molecular complexity index is 1290. The normalized spacial score (nSPS) is 18.6. The summed E-state index contributed by atoms with van der Waals surface area (Å²) in [6.07, 6.45) is 7.36. The predicted octanol–water partition coefficient (Wildman–Crippen LogP) is 3.03. The molecule has 5 rings (SSSR count). The molecule has 1 spiro atoms. The van der Waals surface area contributed by atoms with Gasteiger partial charge in [0.2, 0.25) is 5.91 Å². The van der Waals surface area contributed by atoms with Crippen molar-refractivity contribution in [2.45, 2.75) is 45.2 Å². The van der Waals surface area contributed by atoms with Gasteiger partial charge in [0.25, 0.3) is 5.91 Å². The SMILES string of the molecule is COc1ccc(CN2CCC3(CCCCNC(=O)c4ccccc4OCCNC3=O)CC2)cc1Cn1cncn1. The van der Waals surface area contributed by atoms with Gasteiger partial charge in [0.1, 0.15) is 30.8 Å². The molecule has 0 bridgehead atoms. The Balaban J connectivity index is 1.21. The molecule has 0 aliphatic carbocycles. The first kappa shape index (κ1) is 27.6. The number of carbonyl (C=O) groups is 2. The molecule has 2 N–H and O–H groups in total. The highest BCUT2D eigenvalue weighted by Gasteiger charge is 2.40. The fourth-order valence-electron chi connectivity index (χ4n) is 5.71. The van der Waals surface area contributed by atoms with E-state index in [0.29, 0.717) is 37.6 Å². The average molecular weight is 547 g/mol. The number of rotatable bonds is 5. The molecule has 0 unspecified atom stereocenters. The van der Waals surface area contributed by atoms with E-state index in [2.05, 4.69) is 37.7 Å². The quantitative estimate of drug-likeness (QED) is 0.506. The molecular formula is C30H38N6O4. The zero-order chi connectivity index (χ0) is 27.8. The first-order valence-electron chi connectivity index (χ1n) is 14.1. The third-order valence-corrected chi connectivity index (χ3v) is 7.99. The van der Waals surface area contributed by atoms with Crippen molar-refractivity contribution in [2.75, 3.05) is 39.9 Å². The molecular weight excluding hydrogens is 508 g/mol. The summed E-state index contributed by atoms with van der Waals surface area (Å²) in [7, 11) is 1.68. The van der Waals surface area contributed by atoms with Crippen LogP contribution in [0.25, 0.3) is 0 Å². The summed E-state index contributed by atoms with van der Waals surface area (Å²) in [5.41, 5.74) is 2.38. The minimum absolute atomic E-state index is 0.115. The summed E-state index contributed by atoms with van der Waals surface area (Å²) in [5, 5.41) is 10.4. The number of piperidine rings is 1. The molecule has 0 radical (unpaired) electrons. The number of aromatic nitrogens is 3. The number of nitrogens with zero attached hydrogens (tertiary/aromatic N) is 4. The molecule has 3 aromatic rings. The van der Waals surface area contributed by atoms with Crippen molar-refractivity contribution in [1.29, 1.82) is 0 Å². The topological polar surface area (TPSA) is 111 Å². The molecule has 2 aromatic carbocycles. The minimum Gasteiger partial charge on any atom is -0.496 e. The van der Waals surface area contributed by atoms with Gasteiger partial charge in [-0.1, -0.05) is 24.6 Å². The van der Waals surface area contributed by atoms with Crippen LogP contribution in [0, 0.1) is 5.41 Å². The Morgan fingerprint density at radius 1 is 1.00 bits per heavy atom. The van der Waals surface area contributed by atoms with Crippen LogP contribution in [0.1, 0.15) is 53.6 Å². The van der Waals surface area contributed by atoms with Crippen LogP contribution in [0.4, 0.5) is 0 Å². The molecule has 1 aromatic heterocycles. The number of ether oxygens (including phenoxy) is 2. The van der Waals surface area contributed by atoms with E-state index in [0.717, 1.165) is 63.1 Å². The standard InChI is InChI=1S/C30H38N6O4/c1-39-26-9-8-23(18-24(26)20-36-22-31-21-34-36)19-35-15-11-30(12-16-35)10-4-5-13-32-28(37)25-6-2-3-7-27(25)40-17-14-33-29(30)38/h2-3,6-9,18,21-22H,4-5,10-17,19-20H2,1H3,(H,32,37)(H,33,38). The number of benzene rings is 2. The fourth-order valence-corrected chi connectivity index (χ4v) is 5.71. The number of methoxy groups -OCH3 is 1. The lowest BCUT2D eigenvalue weighted by atomic mass is 9.73. The lowest BCUT2D eigenvalue weighted by Gasteiger charge is -2.41. The maximum atomic E-state index is 13.5. The van der Waals surface area contributed by atoms with Gasteiger partial charge in [-0.05, 0) is 68.6 Å². The molecule has 2 amide bonds. The van der Waals surface area contributed by atoms with Gasteiger partial charge in [0.15, 0.2) is 0 Å². The Labute approximate surface area is 235 Å². The van der Waals surface area contributed by atoms with Crippen LogP contribution in [0.15, 0.2) is 55.1 Å². The molecule has 40 heavy (non-hydrogen) atoms. The summed E-state index contributed by atoms with van der Waals surface area (Å²) < 4.78 is 13.2. The molecule has 10 heteroatoms. The first-order chi connectivity index (χ1) is 19.6. The van der Waals surface area contributed by atoms with E-state index in [9.17, 15) is 9.59 Å². The van der Waals surface area contributed by atoms with Crippen molar-refractivity contribution in [1.82, 2.24) is 30.3 Å². The highest BCUT2D eigenvalue weighted by atomic mass is 16.5. The summed E-state index contributed by atoms with van der Waals surface area (Å²) in [4.78, 5) is 32.6. The summed E-state index contributed by atoms with van der Waals surface area (Å²) >= 11 is 0. The van der Waals surface area contributed by atoms with Gasteiger partial charge in [0, 0.05) is 18.7 Å². The molecule has 2 aliphatic rings. The number of hydrogen-bond acceptors (Lipinski definition) is 7. The van der Waals surface area contributed by atoms with E-state index in [4.69, 9.17) is 9.47 Å². The number of hydrogen-bond donors (Lipinski definition) is 2. The van der Waals surface area contributed by atoms with Crippen molar-refractivity contribution in [3.05, 3.63) is 71.8 Å². The lowest BCUT2D eigenvalue weighted by molar-refractivity contribution is -0.134. The third-order valence-electron chi connectivity index (χ3n) is 7.99. The van der Waals surface area contributed by atoms with Crippen molar-refractivity contribution in [2.24, 2.45) is 5.41 Å². The molecule has 2 aliphatic heterocycles. The average Bonchev–Trinajstić information content (AvgIpc) is 3.49. The van der Waals surface area contributed by atoms with E-state index in [1.807, 2.05) is 18.2 Å². The molecule has 0 atom stereocenters. The minimum atomic E-state index is -0.402. The highest BCUT2D eigenvalue weighted by Crippen LogP contribution is 2.37. The Morgan fingerprint density at radius 2 is 1.85 bits per heavy atom. The van der Waals surface area contributed by atoms with Crippen molar-refractivity contribution in [3.63, 3.8) is 0 Å². The number of fused-ring (bicyclic) bond motifs is 1. The Morgan fingerprint density at radius 3 is 2.65 bits per heavy atom. The van der Waals surface area contributed by atoms with Gasteiger partial charge in [-0.25, -0.2) is 9.67 Å². The molecule has 212 valence electrons. The van der Waals surface area contributed by atoms with Crippen molar-refractivity contribution >= 4 is 11.8 Å². The van der Waals surface area contributed by atoms with Crippen LogP contribution in [-0.2, 0) is 17.9 Å². The third kappa shape index (κ3) is 6.62. The fraction of sp³-hybridized carbons (Fsp3) is 0.467. The van der Waals surface area contributed by atoms with Gasteiger partial charge in [0.05, 0.1) is 31.2 Å². The summed E-state index contributed by atoms with van der Waals surface area (Å²) in [5.74, 6) is 1.36. The second-order valence-electron chi connectivity index (χ2n) is 10.6. The van der Waals surface area contributed by atoms with Crippen LogP contribution in [0.5, 0.6) is 11.5 Å². The van der Waals surface area contributed by atoms with Gasteiger partial charge >= 0.3 is 0 Å². The molecule has 0 saturated carbocycles. The van der Waals surface area contributed by atoms with E-state index in [1.54, 1.807) is 30.3 Å². The van der Waals surface area contributed by atoms with E-state index >= 15 is 0 Å². The molecule has 1 saturated heterocycles. The number of carbonyl (C=O) groups excluding carboxylic acids is 2. The van der Waals surface area contributed by atoms with Crippen LogP contribution in [0.2, 0.25) is 0 Å². The van der Waals surface area contributed by atoms with Crippen LogP contribution < -0.4 is 20.1 Å². The Kier molecular flexibility index (Phi) is 8.95. The molecule has 1 fully saturated rings. The van der Waals surface area contributed by atoms with Crippen molar-refractivity contribution in [3.8, 4) is 11.5 Å². The van der Waals surface area contributed by atoms with E-state index in [1.165, 1.54) is 11.9 Å². The number of amides is 2. The maximum absolute atomic E-state index is 13.5. The van der Waals surface area contributed by atoms with E-state index < -0.39 is 5.41 Å². The summed E-state index contributed by atoms with van der Waals surface area (Å²) in [6, 6.07) is 13.5. The van der Waals surface area contributed by atoms with Crippen LogP contribution >= 0.6 is 0 Å². The first-order valence-corrected chi connectivity index (χ1v) is 14.1. The monoisotopic (exact) mass is 546 g/mol. The molecule has 3 heterocycles. The summed E-state index contributed by atoms with van der Waals surface area (Å²) in [6.45, 7) is 4.39. The van der Waals surface area contributed by atoms with Gasteiger partial charge in [-0.15, -0.1) is 0 Å². The largest absolute Gasteiger partial charge is 0.496 e. The number of nitrogens with one attached hydrogen (secondary N) is 2. The van der Waals surface area contributed by atoms with E-state index in [-0.39, 0.29) is 11.8 Å². The van der Waals surface area contributed by atoms with Gasteiger partial charge < -0.3 is 20.1 Å². The van der Waals surface area contributed by atoms with Crippen LogP contribution in [0.3, 0.4) is 0 Å². The Hall–Kier alpha value is -3.92. The number of para-hydroxylation sites is 1. The molecule has 10 nitrogen and oxygen atoms in total. The van der Waals surface area contributed by atoms with Crippen molar-refractivity contribution < 1.29 is 19.1 Å². The smallest absolute Gasteiger partial charge is 0.255 e. The second-order valence-corrected chi connectivity index (χ2v) is 10.6. The van der Waals surface area contributed by atoms with Gasteiger partial charge in [-0.3, -0.25) is 14.5 Å². The lowest BCUT2D eigenvalue weighted by Crippen LogP contribution is -2.49. The van der Waals surface area contributed by atoms with Gasteiger partial charge in [-0.2, -0.15) is 5.10 Å². The second kappa shape index (κ2) is 13.0. The zero-order valence-electron chi connectivity index (χ0n) is 23.1.